The number of likely N-dealkylation sites (N-methyl/N-ethyl adjacent to an activating group) is 1. The van der Waals surface area contributed by atoms with Crippen LogP contribution in [0.5, 0.6) is 5.75 Å². The van der Waals surface area contributed by atoms with Gasteiger partial charge in [0.15, 0.2) is 0 Å². The molecule has 0 bridgehead atoms. The van der Waals surface area contributed by atoms with Crippen molar-refractivity contribution in [3.05, 3.63) is 24.0 Å². The van der Waals surface area contributed by atoms with Crippen molar-refractivity contribution in [2.75, 3.05) is 13.6 Å². The second-order valence-corrected chi connectivity index (χ2v) is 3.29. The Balaban J connectivity index is 2.58. The van der Waals surface area contributed by atoms with Gasteiger partial charge in [-0.2, -0.15) is 0 Å². The molecule has 0 fully saturated rings. The molecule has 0 aromatic carbocycles. The van der Waals surface area contributed by atoms with Crippen molar-refractivity contribution in [3.8, 4) is 5.75 Å². The van der Waals surface area contributed by atoms with E-state index in [4.69, 9.17) is 0 Å². The number of carbonyl (C=O) groups excluding carboxylic acids is 1. The fraction of sp³-hybridized carbons (Fsp3) is 0.400. The highest BCUT2D eigenvalue weighted by atomic mass is 16.3. The van der Waals surface area contributed by atoms with E-state index in [1.165, 1.54) is 18.5 Å². The van der Waals surface area contributed by atoms with Gasteiger partial charge in [-0.15, -0.1) is 0 Å². The summed E-state index contributed by atoms with van der Waals surface area (Å²) in [4.78, 5) is 15.3. The van der Waals surface area contributed by atoms with Gasteiger partial charge in [0.1, 0.15) is 5.75 Å². The summed E-state index contributed by atoms with van der Waals surface area (Å²) in [5.74, 6) is -0.399. The maximum absolute atomic E-state index is 11.6. The molecule has 15 heavy (non-hydrogen) atoms. The molecular formula is C10H15N3O2. The van der Waals surface area contributed by atoms with Gasteiger partial charge in [-0.25, -0.2) is 0 Å². The normalized spacial score (nSPS) is 12.1. The zero-order chi connectivity index (χ0) is 11.3. The third-order valence-corrected chi connectivity index (χ3v) is 2.11. The molecule has 1 unspecified atom stereocenters. The Bertz CT molecular complexity index is 341. The lowest BCUT2D eigenvalue weighted by Crippen LogP contribution is -2.37. The number of nitrogens with zero attached hydrogens (tertiary/aromatic N) is 1. The van der Waals surface area contributed by atoms with E-state index in [9.17, 15) is 9.90 Å². The van der Waals surface area contributed by atoms with Crippen LogP contribution in [0.2, 0.25) is 0 Å². The van der Waals surface area contributed by atoms with Gasteiger partial charge in [0.2, 0.25) is 0 Å². The van der Waals surface area contributed by atoms with Gasteiger partial charge in [-0.3, -0.25) is 9.78 Å². The highest BCUT2D eigenvalue weighted by Gasteiger charge is 2.10. The van der Waals surface area contributed by atoms with Crippen LogP contribution in [0.25, 0.3) is 0 Å². The first-order chi connectivity index (χ1) is 7.15. The second-order valence-electron chi connectivity index (χ2n) is 3.29. The monoisotopic (exact) mass is 209 g/mol. The van der Waals surface area contributed by atoms with Crippen LogP contribution in [0.1, 0.15) is 17.3 Å². The van der Waals surface area contributed by atoms with Crippen molar-refractivity contribution in [2.24, 2.45) is 0 Å². The molecule has 0 aliphatic carbocycles. The standard InChI is InChI=1S/C10H15N3O2/c1-7(11-2)5-13-10(15)8-3-4-12-6-9(8)14/h3-4,6-7,11,14H,5H2,1-2H3,(H,13,15). The molecule has 0 aliphatic rings. The summed E-state index contributed by atoms with van der Waals surface area (Å²) in [7, 11) is 1.82. The van der Waals surface area contributed by atoms with Crippen molar-refractivity contribution in [1.29, 1.82) is 0 Å². The summed E-state index contributed by atoms with van der Waals surface area (Å²) in [6, 6.07) is 1.67. The smallest absolute Gasteiger partial charge is 0.255 e. The highest BCUT2D eigenvalue weighted by Crippen LogP contribution is 2.12. The van der Waals surface area contributed by atoms with Crippen LogP contribution in [0.3, 0.4) is 0 Å². The Labute approximate surface area is 88.5 Å². The van der Waals surface area contributed by atoms with E-state index in [2.05, 4.69) is 15.6 Å². The molecule has 1 amide bonds. The van der Waals surface area contributed by atoms with E-state index in [1.807, 2.05) is 14.0 Å². The van der Waals surface area contributed by atoms with Gasteiger partial charge in [-0.1, -0.05) is 0 Å². The molecule has 0 spiro atoms. The van der Waals surface area contributed by atoms with Crippen LogP contribution < -0.4 is 10.6 Å². The summed E-state index contributed by atoms with van der Waals surface area (Å²) in [6.45, 7) is 2.46. The van der Waals surface area contributed by atoms with Gasteiger partial charge in [-0.05, 0) is 20.0 Å². The largest absolute Gasteiger partial charge is 0.505 e. The number of carbonyl (C=O) groups is 1. The molecule has 1 atom stereocenters. The van der Waals surface area contributed by atoms with E-state index in [1.54, 1.807) is 0 Å². The fourth-order valence-electron chi connectivity index (χ4n) is 1.02. The second kappa shape index (κ2) is 5.31. The van der Waals surface area contributed by atoms with Crippen molar-refractivity contribution in [3.63, 3.8) is 0 Å². The Morgan fingerprint density at radius 1 is 1.67 bits per heavy atom. The fourth-order valence-corrected chi connectivity index (χ4v) is 1.02. The van der Waals surface area contributed by atoms with Gasteiger partial charge in [0.05, 0.1) is 11.8 Å². The van der Waals surface area contributed by atoms with E-state index in [-0.39, 0.29) is 23.3 Å². The lowest BCUT2D eigenvalue weighted by molar-refractivity contribution is 0.0947. The van der Waals surface area contributed by atoms with E-state index >= 15 is 0 Å². The molecule has 1 aromatic heterocycles. The lowest BCUT2D eigenvalue weighted by Gasteiger charge is -2.11. The summed E-state index contributed by atoms with van der Waals surface area (Å²) < 4.78 is 0. The molecule has 5 nitrogen and oxygen atoms in total. The number of amides is 1. The van der Waals surface area contributed by atoms with Gasteiger partial charge in [0.25, 0.3) is 5.91 Å². The molecule has 1 aromatic rings. The molecule has 0 radical (unpaired) electrons. The Morgan fingerprint density at radius 3 is 3.00 bits per heavy atom. The molecule has 5 heteroatoms. The van der Waals surface area contributed by atoms with Crippen LogP contribution in [-0.2, 0) is 0 Å². The number of rotatable bonds is 4. The third kappa shape index (κ3) is 3.21. The van der Waals surface area contributed by atoms with E-state index in [0.29, 0.717) is 6.54 Å². The topological polar surface area (TPSA) is 74.2 Å². The van der Waals surface area contributed by atoms with Crippen molar-refractivity contribution in [2.45, 2.75) is 13.0 Å². The van der Waals surface area contributed by atoms with E-state index in [0.717, 1.165) is 0 Å². The average molecular weight is 209 g/mol. The molecule has 1 rings (SSSR count). The average Bonchev–Trinajstić information content (AvgIpc) is 2.26. The molecule has 0 aliphatic heterocycles. The maximum atomic E-state index is 11.6. The summed E-state index contributed by atoms with van der Waals surface area (Å²) in [6.07, 6.45) is 2.71. The molecule has 82 valence electrons. The molecule has 1 heterocycles. The van der Waals surface area contributed by atoms with Gasteiger partial charge >= 0.3 is 0 Å². The summed E-state index contributed by atoms with van der Waals surface area (Å²) >= 11 is 0. The first-order valence-electron chi connectivity index (χ1n) is 4.73. The minimum absolute atomic E-state index is 0.105. The van der Waals surface area contributed by atoms with Crippen LogP contribution in [-0.4, -0.2) is 35.6 Å². The highest BCUT2D eigenvalue weighted by molar-refractivity contribution is 5.96. The van der Waals surface area contributed by atoms with Crippen LogP contribution >= 0.6 is 0 Å². The molecule has 3 N–H and O–H groups in total. The zero-order valence-electron chi connectivity index (χ0n) is 8.82. The Morgan fingerprint density at radius 2 is 2.40 bits per heavy atom. The number of aromatic hydroxyl groups is 1. The minimum Gasteiger partial charge on any atom is -0.505 e. The van der Waals surface area contributed by atoms with E-state index < -0.39 is 0 Å². The summed E-state index contributed by atoms with van der Waals surface area (Å²) in [5.41, 5.74) is 0.244. The SMILES string of the molecule is CNC(C)CNC(=O)c1ccncc1O. The molecule has 0 saturated heterocycles. The minimum atomic E-state index is -0.294. The first-order valence-corrected chi connectivity index (χ1v) is 4.73. The lowest BCUT2D eigenvalue weighted by atomic mass is 10.2. The van der Waals surface area contributed by atoms with Crippen molar-refractivity contribution < 1.29 is 9.90 Å². The predicted molar refractivity (Wildman–Crippen MR) is 56.8 cm³/mol. The summed E-state index contributed by atoms with van der Waals surface area (Å²) in [5, 5.41) is 15.1. The van der Waals surface area contributed by atoms with Crippen LogP contribution in [0, 0.1) is 0 Å². The number of nitrogens with one attached hydrogen (secondary N) is 2. The van der Waals surface area contributed by atoms with Gasteiger partial charge < -0.3 is 15.7 Å². The number of aromatic nitrogens is 1. The third-order valence-electron chi connectivity index (χ3n) is 2.11. The number of hydrogen-bond acceptors (Lipinski definition) is 4. The predicted octanol–water partition coefficient (Wildman–Crippen LogP) is 0.125. The quantitative estimate of drug-likeness (QED) is 0.658. The first kappa shape index (κ1) is 11.5. The zero-order valence-corrected chi connectivity index (χ0v) is 8.82. The van der Waals surface area contributed by atoms with Crippen LogP contribution in [0.4, 0.5) is 0 Å². The molecule has 0 saturated carbocycles. The maximum Gasteiger partial charge on any atom is 0.255 e. The Hall–Kier alpha value is -1.62. The van der Waals surface area contributed by atoms with Crippen molar-refractivity contribution >= 4 is 5.91 Å². The Kier molecular flexibility index (Phi) is 4.05. The number of hydrogen-bond donors (Lipinski definition) is 3. The van der Waals surface area contributed by atoms with Crippen LogP contribution in [0.15, 0.2) is 18.5 Å². The number of pyridine rings is 1. The van der Waals surface area contributed by atoms with Crippen molar-refractivity contribution in [1.82, 2.24) is 15.6 Å². The van der Waals surface area contributed by atoms with Gasteiger partial charge in [0, 0.05) is 18.8 Å². The molecular weight excluding hydrogens is 194 g/mol.